The first kappa shape index (κ1) is 77.3. The minimum atomic E-state index is -0.798. The summed E-state index contributed by atoms with van der Waals surface area (Å²) in [6.07, 6.45) is 93.0. The molecule has 0 N–H and O–H groups in total. The van der Waals surface area contributed by atoms with Gasteiger partial charge in [-0.25, -0.2) is 0 Å². The summed E-state index contributed by atoms with van der Waals surface area (Å²) >= 11 is 0. The van der Waals surface area contributed by atoms with Crippen molar-refractivity contribution in [3.05, 3.63) is 97.2 Å². The summed E-state index contributed by atoms with van der Waals surface area (Å²) < 4.78 is 16.9. The van der Waals surface area contributed by atoms with Crippen LogP contribution in [0.25, 0.3) is 0 Å². The van der Waals surface area contributed by atoms with Crippen molar-refractivity contribution in [1.82, 2.24) is 0 Å². The third-order valence-electron chi connectivity index (χ3n) is 15.0. The van der Waals surface area contributed by atoms with Crippen LogP contribution in [0.3, 0.4) is 0 Å². The van der Waals surface area contributed by atoms with E-state index in [1.54, 1.807) is 0 Å². The fraction of sp³-hybridized carbons (Fsp3) is 0.747. The van der Waals surface area contributed by atoms with Gasteiger partial charge in [0.1, 0.15) is 13.2 Å². The molecule has 0 fully saturated rings. The van der Waals surface area contributed by atoms with Crippen molar-refractivity contribution in [1.29, 1.82) is 0 Å². The zero-order valence-corrected chi connectivity index (χ0v) is 53.5. The number of hydrogen-bond acceptors (Lipinski definition) is 6. The van der Waals surface area contributed by atoms with Gasteiger partial charge in [-0.15, -0.1) is 0 Å². The molecule has 0 aliphatic carbocycles. The first-order valence-electron chi connectivity index (χ1n) is 34.7. The Kier molecular flexibility index (Phi) is 65.7. The summed E-state index contributed by atoms with van der Waals surface area (Å²) in [6, 6.07) is 0. The van der Waals surface area contributed by atoms with Gasteiger partial charge in [0.15, 0.2) is 6.10 Å². The number of rotatable bonds is 63. The molecule has 0 saturated carbocycles. The molecule has 466 valence electrons. The normalized spacial score (nSPS) is 12.7. The highest BCUT2D eigenvalue weighted by molar-refractivity contribution is 5.71. The first-order valence-corrected chi connectivity index (χ1v) is 34.7. The second-order valence-corrected chi connectivity index (χ2v) is 23.1. The zero-order valence-electron chi connectivity index (χ0n) is 53.5. The minimum Gasteiger partial charge on any atom is -0.462 e. The van der Waals surface area contributed by atoms with Gasteiger partial charge in [-0.05, 0) is 122 Å². The highest BCUT2D eigenvalue weighted by Gasteiger charge is 2.19. The van der Waals surface area contributed by atoms with Gasteiger partial charge in [-0.3, -0.25) is 14.4 Å². The predicted octanol–water partition coefficient (Wildman–Crippen LogP) is 24.0. The Hall–Kier alpha value is -3.67. The van der Waals surface area contributed by atoms with Crippen molar-refractivity contribution in [2.24, 2.45) is 0 Å². The summed E-state index contributed by atoms with van der Waals surface area (Å²) in [5.41, 5.74) is 0. The van der Waals surface area contributed by atoms with Gasteiger partial charge in [0.2, 0.25) is 0 Å². The topological polar surface area (TPSA) is 78.9 Å². The molecule has 81 heavy (non-hydrogen) atoms. The molecular weight excluding hydrogens is 997 g/mol. The molecule has 6 heteroatoms. The second kappa shape index (κ2) is 68.8. The first-order chi connectivity index (χ1) is 40.0. The fourth-order valence-corrected chi connectivity index (χ4v) is 9.85. The molecule has 0 aliphatic rings. The number of carbonyl (C=O) groups is 3. The number of ether oxygens (including phenoxy) is 3. The van der Waals surface area contributed by atoms with Gasteiger partial charge in [0.25, 0.3) is 0 Å². The van der Waals surface area contributed by atoms with Crippen LogP contribution in [0.2, 0.25) is 0 Å². The summed E-state index contributed by atoms with van der Waals surface area (Å²) in [7, 11) is 0. The summed E-state index contributed by atoms with van der Waals surface area (Å²) in [4.78, 5) is 38.3. The molecular formula is C75H130O6. The van der Waals surface area contributed by atoms with Crippen LogP contribution in [0, 0.1) is 0 Å². The standard InChI is InChI=1S/C75H130O6/c1-4-7-10-13-16-19-22-25-27-29-31-32-33-34-35-36-37-38-39-40-41-42-44-45-47-50-53-56-59-62-65-68-74(77)80-71-72(70-79-73(76)67-64-61-58-55-52-49-24-21-18-15-12-9-6-3)81-75(78)69-66-63-60-57-54-51-48-46-43-30-28-26-23-20-17-14-11-8-5-2/h9,12,17-18,20-22,25-26,28-29,31,43,46,49,52,72H,4-8,10-11,13-16,19,23-24,27,30,32-42,44-45,47-48,50-51,53-71H2,1-3H3/b12-9-,20-17-,21-18-,25-22-,28-26-,31-29-,46-43-,52-49-. The van der Waals surface area contributed by atoms with E-state index < -0.39 is 6.10 Å². The number of unbranched alkanes of at least 4 members (excludes halogenated alkanes) is 36. The molecule has 0 spiro atoms. The van der Waals surface area contributed by atoms with E-state index in [4.69, 9.17) is 14.2 Å². The molecule has 0 saturated heterocycles. The maximum Gasteiger partial charge on any atom is 0.306 e. The van der Waals surface area contributed by atoms with E-state index in [2.05, 4.69) is 118 Å². The largest absolute Gasteiger partial charge is 0.462 e. The fourth-order valence-electron chi connectivity index (χ4n) is 9.85. The smallest absolute Gasteiger partial charge is 0.306 e. The van der Waals surface area contributed by atoms with Crippen molar-refractivity contribution in [2.45, 2.75) is 348 Å². The average Bonchev–Trinajstić information content (AvgIpc) is 3.46. The van der Waals surface area contributed by atoms with Crippen LogP contribution in [-0.2, 0) is 28.6 Å². The third kappa shape index (κ3) is 67.0. The molecule has 0 radical (unpaired) electrons. The predicted molar refractivity (Wildman–Crippen MR) is 353 cm³/mol. The van der Waals surface area contributed by atoms with Crippen LogP contribution in [0.1, 0.15) is 342 Å². The van der Waals surface area contributed by atoms with Gasteiger partial charge < -0.3 is 14.2 Å². The monoisotopic (exact) mass is 1130 g/mol. The van der Waals surface area contributed by atoms with Crippen molar-refractivity contribution < 1.29 is 28.6 Å². The molecule has 6 nitrogen and oxygen atoms in total. The lowest BCUT2D eigenvalue weighted by Crippen LogP contribution is -2.30. The lowest BCUT2D eigenvalue weighted by molar-refractivity contribution is -0.167. The number of esters is 3. The Morgan fingerprint density at radius 1 is 0.259 bits per heavy atom. The third-order valence-corrected chi connectivity index (χ3v) is 15.0. The quantitative estimate of drug-likeness (QED) is 0.0261. The highest BCUT2D eigenvalue weighted by Crippen LogP contribution is 2.17. The average molecular weight is 1130 g/mol. The number of allylic oxidation sites excluding steroid dienone is 16. The van der Waals surface area contributed by atoms with E-state index >= 15 is 0 Å². The van der Waals surface area contributed by atoms with Gasteiger partial charge in [0.05, 0.1) is 0 Å². The lowest BCUT2D eigenvalue weighted by atomic mass is 10.0. The number of carbonyl (C=O) groups excluding carboxylic acids is 3. The Morgan fingerprint density at radius 2 is 0.481 bits per heavy atom. The van der Waals surface area contributed by atoms with E-state index in [9.17, 15) is 14.4 Å². The minimum absolute atomic E-state index is 0.0904. The van der Waals surface area contributed by atoms with E-state index in [0.717, 1.165) is 116 Å². The van der Waals surface area contributed by atoms with Crippen LogP contribution in [-0.4, -0.2) is 37.2 Å². The molecule has 0 aromatic rings. The molecule has 0 rings (SSSR count). The van der Waals surface area contributed by atoms with Crippen LogP contribution < -0.4 is 0 Å². The van der Waals surface area contributed by atoms with Gasteiger partial charge >= 0.3 is 17.9 Å². The van der Waals surface area contributed by atoms with Gasteiger partial charge in [0, 0.05) is 19.3 Å². The molecule has 0 aromatic carbocycles. The number of hydrogen-bond donors (Lipinski definition) is 0. The second-order valence-electron chi connectivity index (χ2n) is 23.1. The molecule has 1 unspecified atom stereocenters. The maximum atomic E-state index is 12.9. The Bertz CT molecular complexity index is 1580. The Morgan fingerprint density at radius 3 is 0.790 bits per heavy atom. The van der Waals surface area contributed by atoms with Crippen molar-refractivity contribution in [3.8, 4) is 0 Å². The Labute approximate surface area is 502 Å². The molecule has 0 amide bonds. The van der Waals surface area contributed by atoms with Crippen LogP contribution in [0.15, 0.2) is 97.2 Å². The van der Waals surface area contributed by atoms with Crippen molar-refractivity contribution in [2.75, 3.05) is 13.2 Å². The van der Waals surface area contributed by atoms with Crippen LogP contribution in [0.5, 0.6) is 0 Å². The van der Waals surface area contributed by atoms with Crippen LogP contribution in [0.4, 0.5) is 0 Å². The van der Waals surface area contributed by atoms with Crippen molar-refractivity contribution >= 4 is 17.9 Å². The Balaban J connectivity index is 4.23. The van der Waals surface area contributed by atoms with Gasteiger partial charge in [-0.2, -0.15) is 0 Å². The zero-order chi connectivity index (χ0) is 58.5. The summed E-state index contributed by atoms with van der Waals surface area (Å²) in [5.74, 6) is -0.921. The van der Waals surface area contributed by atoms with E-state index in [-0.39, 0.29) is 31.1 Å². The molecule has 0 aliphatic heterocycles. The highest BCUT2D eigenvalue weighted by atomic mass is 16.6. The lowest BCUT2D eigenvalue weighted by Gasteiger charge is -2.18. The van der Waals surface area contributed by atoms with E-state index in [1.165, 1.54) is 186 Å². The molecule has 0 bridgehead atoms. The van der Waals surface area contributed by atoms with Gasteiger partial charge in [-0.1, -0.05) is 298 Å². The SMILES string of the molecule is CC/C=C\C/C=C\C/C=C\CCCCCC(=O)OCC(COC(=O)CCCCCCCCCCCCCCCCCCCCC/C=C\C/C=C\CCCCCCC)OC(=O)CCCCCCCC/C=C\C/C=C\C/C=C\CCCCC. The molecule has 0 heterocycles. The van der Waals surface area contributed by atoms with E-state index in [0.29, 0.717) is 19.3 Å². The summed E-state index contributed by atoms with van der Waals surface area (Å²) in [5, 5.41) is 0. The van der Waals surface area contributed by atoms with Crippen molar-refractivity contribution in [3.63, 3.8) is 0 Å². The van der Waals surface area contributed by atoms with E-state index in [1.807, 2.05) is 0 Å². The summed E-state index contributed by atoms with van der Waals surface area (Å²) in [6.45, 7) is 6.48. The maximum absolute atomic E-state index is 12.9. The molecule has 0 aromatic heterocycles. The van der Waals surface area contributed by atoms with Crippen LogP contribution >= 0.6 is 0 Å². The molecule has 1 atom stereocenters.